The molecule has 2 aromatic carbocycles. The van der Waals surface area contributed by atoms with Gasteiger partial charge in [0.15, 0.2) is 5.75 Å². The predicted molar refractivity (Wildman–Crippen MR) is 106 cm³/mol. The van der Waals surface area contributed by atoms with Crippen LogP contribution in [0, 0.1) is 0 Å². The summed E-state index contributed by atoms with van der Waals surface area (Å²) in [5.41, 5.74) is 6.74. The normalized spacial score (nSPS) is 11.6. The topological polar surface area (TPSA) is 52.3 Å². The second-order valence-electron chi connectivity index (χ2n) is 4.62. The summed E-state index contributed by atoms with van der Waals surface area (Å²) in [6.07, 6.45) is 0.296. The summed E-state index contributed by atoms with van der Waals surface area (Å²) >= 11 is 29.7. The third-order valence-corrected chi connectivity index (χ3v) is 5.22. The van der Waals surface area contributed by atoms with E-state index in [4.69, 9.17) is 68.5 Å². The first kappa shape index (κ1) is 21.8. The lowest BCUT2D eigenvalue weighted by molar-refractivity contribution is -0.135. The summed E-state index contributed by atoms with van der Waals surface area (Å²) < 4.78 is 5.17. The van der Waals surface area contributed by atoms with E-state index in [0.29, 0.717) is 6.42 Å². The van der Waals surface area contributed by atoms with E-state index in [1.54, 1.807) is 0 Å². The summed E-state index contributed by atoms with van der Waals surface area (Å²) in [5, 5.41) is -0.335. The lowest BCUT2D eigenvalue weighted by Crippen LogP contribution is -2.36. The summed E-state index contributed by atoms with van der Waals surface area (Å²) in [6, 6.07) is 8.36. The van der Waals surface area contributed by atoms with Crippen molar-refractivity contribution in [1.29, 1.82) is 0 Å². The molecule has 0 radical (unpaired) electrons. The van der Waals surface area contributed by atoms with E-state index in [2.05, 4.69) is 0 Å². The van der Waals surface area contributed by atoms with Crippen LogP contribution in [0.2, 0.25) is 25.1 Å². The number of esters is 1. The Bertz CT molecular complexity index is 713. The fraction of sp³-hybridized carbons (Fsp3) is 0.133. The average molecular weight is 494 g/mol. The fourth-order valence-electron chi connectivity index (χ4n) is 1.80. The minimum absolute atomic E-state index is 0. The zero-order valence-corrected chi connectivity index (χ0v) is 17.4. The van der Waals surface area contributed by atoms with Gasteiger partial charge in [-0.3, -0.25) is 0 Å². The number of halogens is 6. The van der Waals surface area contributed by atoms with E-state index in [1.165, 1.54) is 0 Å². The molecule has 24 heavy (non-hydrogen) atoms. The largest absolute Gasteiger partial charge is 0.422 e. The maximum absolute atomic E-state index is 12.1. The van der Waals surface area contributed by atoms with Crippen LogP contribution in [-0.4, -0.2) is 12.0 Å². The van der Waals surface area contributed by atoms with Crippen LogP contribution in [0.5, 0.6) is 5.75 Å². The molecular weight excluding hydrogens is 483 g/mol. The van der Waals surface area contributed by atoms with Crippen molar-refractivity contribution in [3.63, 3.8) is 0 Å². The van der Waals surface area contributed by atoms with Crippen LogP contribution in [-0.2, 0) is 11.2 Å². The zero-order valence-electron chi connectivity index (χ0n) is 11.9. The van der Waals surface area contributed by atoms with Crippen molar-refractivity contribution < 1.29 is 9.53 Å². The number of ether oxygens (including phenoxy) is 1. The molecule has 0 amide bonds. The highest BCUT2D eigenvalue weighted by Gasteiger charge is 2.25. The molecule has 0 fully saturated rings. The quantitative estimate of drug-likeness (QED) is 0.245. The highest BCUT2D eigenvalue weighted by molar-refractivity contribution is 8.93. The van der Waals surface area contributed by atoms with Crippen LogP contribution in [0.15, 0.2) is 30.3 Å². The zero-order chi connectivity index (χ0) is 17.1. The summed E-state index contributed by atoms with van der Waals surface area (Å²) in [6.45, 7) is 0. The van der Waals surface area contributed by atoms with Crippen molar-refractivity contribution >= 4 is 81.0 Å². The summed E-state index contributed by atoms with van der Waals surface area (Å²) in [7, 11) is 0. The van der Waals surface area contributed by atoms with Crippen LogP contribution in [0.1, 0.15) is 5.56 Å². The number of rotatable bonds is 4. The Hall–Kier alpha value is -0.200. The summed E-state index contributed by atoms with van der Waals surface area (Å²) in [5.74, 6) is -0.881. The molecule has 0 unspecified atom stereocenters. The molecule has 1 atom stereocenters. The molecule has 3 nitrogen and oxygen atoms in total. The highest BCUT2D eigenvalue weighted by Crippen LogP contribution is 2.48. The lowest BCUT2D eigenvalue weighted by atomic mass is 10.1. The van der Waals surface area contributed by atoms with Crippen molar-refractivity contribution in [2.24, 2.45) is 5.73 Å². The monoisotopic (exact) mass is 491 g/mol. The predicted octanol–water partition coefficient (Wildman–Crippen LogP) is 6.01. The van der Waals surface area contributed by atoms with E-state index < -0.39 is 12.0 Å². The van der Waals surface area contributed by atoms with Gasteiger partial charge in [0.25, 0.3) is 0 Å². The first-order valence-corrected chi connectivity index (χ1v) is 8.24. The number of carbonyl (C=O) groups excluding carboxylic acids is 1. The van der Waals surface area contributed by atoms with Gasteiger partial charge in [-0.2, -0.15) is 0 Å². The molecule has 0 spiro atoms. The van der Waals surface area contributed by atoms with Crippen LogP contribution < -0.4 is 10.5 Å². The second kappa shape index (κ2) is 9.48. The molecule has 2 aromatic rings. The fourth-order valence-corrected chi connectivity index (χ4v) is 3.00. The second-order valence-corrected chi connectivity index (χ2v) is 6.51. The van der Waals surface area contributed by atoms with E-state index in [0.717, 1.165) is 5.56 Å². The standard InChI is InChI=1S/C15H10Cl5NO2.BrH/c16-9-10(17)12(19)14(13(20)11(9)18)23-15(22)8(21)6-7-4-2-1-3-5-7;/h1-5,8H,6,21H2;1H/t8-;/m0./s1. The van der Waals surface area contributed by atoms with Crippen molar-refractivity contribution in [2.75, 3.05) is 0 Å². The molecule has 0 heterocycles. The molecule has 2 rings (SSSR count). The maximum Gasteiger partial charge on any atom is 0.328 e. The van der Waals surface area contributed by atoms with E-state index >= 15 is 0 Å². The maximum atomic E-state index is 12.1. The minimum atomic E-state index is -0.905. The van der Waals surface area contributed by atoms with Gasteiger partial charge in [0.05, 0.1) is 15.1 Å². The van der Waals surface area contributed by atoms with Crippen molar-refractivity contribution in [3.05, 3.63) is 61.0 Å². The Morgan fingerprint density at radius 1 is 0.917 bits per heavy atom. The third kappa shape index (κ3) is 4.92. The molecule has 130 valence electrons. The van der Waals surface area contributed by atoms with Gasteiger partial charge in [-0.25, -0.2) is 4.79 Å². The molecule has 0 saturated carbocycles. The van der Waals surface area contributed by atoms with Crippen molar-refractivity contribution in [3.8, 4) is 5.75 Å². The molecule has 9 heteroatoms. The molecule has 0 aromatic heterocycles. The molecule has 0 aliphatic carbocycles. The molecule has 0 bridgehead atoms. The molecule has 0 aliphatic heterocycles. The third-order valence-electron chi connectivity index (χ3n) is 2.97. The van der Waals surface area contributed by atoms with Crippen LogP contribution >= 0.6 is 75.0 Å². The van der Waals surface area contributed by atoms with Gasteiger partial charge in [0.2, 0.25) is 0 Å². The van der Waals surface area contributed by atoms with Crippen LogP contribution in [0.4, 0.5) is 0 Å². The van der Waals surface area contributed by atoms with Gasteiger partial charge < -0.3 is 10.5 Å². The van der Waals surface area contributed by atoms with Gasteiger partial charge in [0.1, 0.15) is 16.1 Å². The van der Waals surface area contributed by atoms with Gasteiger partial charge in [-0.15, -0.1) is 17.0 Å². The Labute approximate surface area is 174 Å². The molecule has 2 N–H and O–H groups in total. The number of hydrogen-bond acceptors (Lipinski definition) is 3. The average Bonchev–Trinajstić information content (AvgIpc) is 2.55. The number of nitrogens with two attached hydrogens (primary N) is 1. The van der Waals surface area contributed by atoms with E-state index in [1.807, 2.05) is 30.3 Å². The van der Waals surface area contributed by atoms with Crippen molar-refractivity contribution in [2.45, 2.75) is 12.5 Å². The number of carbonyl (C=O) groups is 1. The van der Waals surface area contributed by atoms with E-state index in [-0.39, 0.29) is 47.8 Å². The van der Waals surface area contributed by atoms with Crippen molar-refractivity contribution in [1.82, 2.24) is 0 Å². The Balaban J connectivity index is 0.00000288. The number of hydrogen-bond donors (Lipinski definition) is 1. The molecular formula is C15H11BrCl5NO2. The van der Waals surface area contributed by atoms with E-state index in [9.17, 15) is 4.79 Å². The van der Waals surface area contributed by atoms with Gasteiger partial charge >= 0.3 is 5.97 Å². The van der Waals surface area contributed by atoms with Gasteiger partial charge in [0, 0.05) is 0 Å². The smallest absolute Gasteiger partial charge is 0.328 e. The minimum Gasteiger partial charge on any atom is -0.422 e. The SMILES string of the molecule is Br.N[C@@H](Cc1ccccc1)C(=O)Oc1c(Cl)c(Cl)c(Cl)c(Cl)c1Cl. The lowest BCUT2D eigenvalue weighted by Gasteiger charge is -2.15. The molecule has 0 aliphatic rings. The molecule has 0 saturated heterocycles. The van der Waals surface area contributed by atoms with Crippen LogP contribution in [0.3, 0.4) is 0 Å². The van der Waals surface area contributed by atoms with Gasteiger partial charge in [-0.1, -0.05) is 88.3 Å². The Kier molecular flexibility index (Phi) is 8.63. The van der Waals surface area contributed by atoms with Crippen LogP contribution in [0.25, 0.3) is 0 Å². The first-order valence-electron chi connectivity index (χ1n) is 6.35. The Morgan fingerprint density at radius 2 is 1.38 bits per heavy atom. The number of benzene rings is 2. The highest BCUT2D eigenvalue weighted by atomic mass is 79.9. The van der Waals surface area contributed by atoms with Gasteiger partial charge in [-0.05, 0) is 12.0 Å². The first-order chi connectivity index (χ1) is 10.8. The summed E-state index contributed by atoms with van der Waals surface area (Å²) in [4.78, 5) is 12.1. The Morgan fingerprint density at radius 3 is 1.88 bits per heavy atom.